The van der Waals surface area contributed by atoms with E-state index in [1.54, 1.807) is 12.1 Å². The fourth-order valence-electron chi connectivity index (χ4n) is 3.96. The van der Waals surface area contributed by atoms with Crippen molar-refractivity contribution in [3.05, 3.63) is 59.7 Å². The molecular weight excluding hydrogens is 396 g/mol. The van der Waals surface area contributed by atoms with Crippen LogP contribution in [-0.4, -0.2) is 55.5 Å². The smallest absolute Gasteiger partial charge is 0.328 e. The number of nitrogens with zero attached hydrogens (tertiary/aromatic N) is 1. The molecule has 0 N–H and O–H groups in total. The van der Waals surface area contributed by atoms with E-state index in [0.29, 0.717) is 29.9 Å². The SMILES string of the molecule is COC(=O)[C@@H]1CC2(CN1C(=O)Cc1ccc(-c3ccc(F)cc3)c(F)c1)OCCO2. The van der Waals surface area contributed by atoms with Crippen molar-refractivity contribution >= 4 is 11.9 Å². The number of carbonyl (C=O) groups is 2. The largest absolute Gasteiger partial charge is 0.467 e. The number of likely N-dealkylation sites (tertiary alicyclic amines) is 1. The number of carbonyl (C=O) groups excluding carboxylic acids is 2. The average molecular weight is 417 g/mol. The summed E-state index contributed by atoms with van der Waals surface area (Å²) in [6, 6.07) is 9.15. The summed E-state index contributed by atoms with van der Waals surface area (Å²) < 4.78 is 43.8. The number of benzene rings is 2. The van der Waals surface area contributed by atoms with Gasteiger partial charge < -0.3 is 19.1 Å². The predicted octanol–water partition coefficient (Wildman–Crippen LogP) is 2.69. The van der Waals surface area contributed by atoms with E-state index in [0.717, 1.165) is 0 Å². The van der Waals surface area contributed by atoms with Crippen LogP contribution >= 0.6 is 0 Å². The number of hydrogen-bond acceptors (Lipinski definition) is 5. The molecule has 2 aromatic rings. The van der Waals surface area contributed by atoms with Gasteiger partial charge >= 0.3 is 5.97 Å². The third-order valence-corrected chi connectivity index (χ3v) is 5.44. The zero-order chi connectivity index (χ0) is 21.3. The molecule has 158 valence electrons. The van der Waals surface area contributed by atoms with Gasteiger partial charge in [-0.1, -0.05) is 24.3 Å². The molecule has 2 heterocycles. The Morgan fingerprint density at radius 3 is 2.47 bits per heavy atom. The third kappa shape index (κ3) is 3.93. The number of esters is 1. The Hall–Kier alpha value is -2.84. The van der Waals surface area contributed by atoms with Crippen LogP contribution < -0.4 is 0 Å². The van der Waals surface area contributed by atoms with Gasteiger partial charge in [0.1, 0.15) is 17.7 Å². The second-order valence-corrected chi connectivity index (χ2v) is 7.37. The Labute approximate surface area is 172 Å². The molecule has 0 aliphatic carbocycles. The molecule has 8 heteroatoms. The molecule has 1 atom stereocenters. The standard InChI is InChI=1S/C22H21F2NO5/c1-28-21(27)19-12-22(29-8-9-30-22)13-25(19)20(26)11-14-2-7-17(18(24)10-14)15-3-5-16(23)6-4-15/h2-7,10,19H,8-9,11-13H2,1H3/t19-/m0/s1. The first-order valence-corrected chi connectivity index (χ1v) is 9.60. The van der Waals surface area contributed by atoms with Crippen molar-refractivity contribution in [2.24, 2.45) is 0 Å². The van der Waals surface area contributed by atoms with E-state index < -0.39 is 29.4 Å². The predicted molar refractivity (Wildman–Crippen MR) is 102 cm³/mol. The maximum atomic E-state index is 14.6. The number of amides is 1. The third-order valence-electron chi connectivity index (χ3n) is 5.44. The van der Waals surface area contributed by atoms with Crippen molar-refractivity contribution in [2.75, 3.05) is 26.9 Å². The molecule has 0 unspecified atom stereocenters. The lowest BCUT2D eigenvalue weighted by Crippen LogP contribution is -2.42. The lowest BCUT2D eigenvalue weighted by atomic mass is 10.0. The number of halogens is 2. The van der Waals surface area contributed by atoms with Crippen molar-refractivity contribution in [3.8, 4) is 11.1 Å². The minimum Gasteiger partial charge on any atom is -0.467 e. The molecule has 0 aromatic heterocycles. The summed E-state index contributed by atoms with van der Waals surface area (Å²) in [4.78, 5) is 26.5. The normalized spacial score (nSPS) is 20.0. The Bertz CT molecular complexity index is 957. The summed E-state index contributed by atoms with van der Waals surface area (Å²) in [5.74, 6) is -2.81. The Kier molecular flexibility index (Phi) is 5.53. The molecule has 2 aliphatic heterocycles. The van der Waals surface area contributed by atoms with E-state index in [1.165, 1.54) is 42.3 Å². The maximum absolute atomic E-state index is 14.6. The van der Waals surface area contributed by atoms with Crippen LogP contribution in [0, 0.1) is 11.6 Å². The Morgan fingerprint density at radius 1 is 1.13 bits per heavy atom. The zero-order valence-electron chi connectivity index (χ0n) is 16.4. The summed E-state index contributed by atoms with van der Waals surface area (Å²) in [5.41, 5.74) is 1.31. The molecule has 0 radical (unpaired) electrons. The molecule has 0 bridgehead atoms. The number of methoxy groups -OCH3 is 1. The van der Waals surface area contributed by atoms with Crippen molar-refractivity contribution < 1.29 is 32.6 Å². The molecule has 2 fully saturated rings. The van der Waals surface area contributed by atoms with Crippen LogP contribution in [0.4, 0.5) is 8.78 Å². The second kappa shape index (κ2) is 8.12. The topological polar surface area (TPSA) is 65.1 Å². The van der Waals surface area contributed by atoms with E-state index >= 15 is 0 Å². The first-order valence-electron chi connectivity index (χ1n) is 9.60. The summed E-state index contributed by atoms with van der Waals surface area (Å²) >= 11 is 0. The first-order chi connectivity index (χ1) is 14.4. The summed E-state index contributed by atoms with van der Waals surface area (Å²) in [5, 5.41) is 0. The van der Waals surface area contributed by atoms with Crippen LogP contribution in [-0.2, 0) is 30.2 Å². The zero-order valence-corrected chi connectivity index (χ0v) is 16.4. The van der Waals surface area contributed by atoms with Crippen LogP contribution in [0.25, 0.3) is 11.1 Å². The quantitative estimate of drug-likeness (QED) is 0.716. The van der Waals surface area contributed by atoms with Gasteiger partial charge in [-0.05, 0) is 29.3 Å². The number of hydrogen-bond donors (Lipinski definition) is 0. The molecule has 2 aliphatic rings. The summed E-state index contributed by atoms with van der Waals surface area (Å²) in [6.45, 7) is 0.902. The fraction of sp³-hybridized carbons (Fsp3) is 0.364. The van der Waals surface area contributed by atoms with Gasteiger partial charge in [-0.3, -0.25) is 4.79 Å². The fourth-order valence-corrected chi connectivity index (χ4v) is 3.96. The van der Waals surface area contributed by atoms with Crippen LogP contribution in [0.15, 0.2) is 42.5 Å². The van der Waals surface area contributed by atoms with E-state index in [-0.39, 0.29) is 25.3 Å². The average Bonchev–Trinajstić information content (AvgIpc) is 3.35. The number of rotatable bonds is 4. The Morgan fingerprint density at radius 2 is 1.83 bits per heavy atom. The van der Waals surface area contributed by atoms with Gasteiger partial charge in [0, 0.05) is 12.0 Å². The van der Waals surface area contributed by atoms with Gasteiger partial charge in [0.2, 0.25) is 5.91 Å². The van der Waals surface area contributed by atoms with Crippen LogP contribution in [0.2, 0.25) is 0 Å². The van der Waals surface area contributed by atoms with Gasteiger partial charge in [-0.15, -0.1) is 0 Å². The van der Waals surface area contributed by atoms with Crippen molar-refractivity contribution in [1.82, 2.24) is 4.90 Å². The Balaban J connectivity index is 1.51. The van der Waals surface area contributed by atoms with Crippen LogP contribution in [0.5, 0.6) is 0 Å². The highest BCUT2D eigenvalue weighted by Gasteiger charge is 2.52. The molecule has 1 amide bonds. The van der Waals surface area contributed by atoms with E-state index in [4.69, 9.17) is 14.2 Å². The monoisotopic (exact) mass is 417 g/mol. The van der Waals surface area contributed by atoms with Crippen molar-refractivity contribution in [1.29, 1.82) is 0 Å². The molecule has 4 rings (SSSR count). The lowest BCUT2D eigenvalue weighted by Gasteiger charge is -2.23. The van der Waals surface area contributed by atoms with Gasteiger partial charge in [0.05, 0.1) is 33.3 Å². The minimum atomic E-state index is -0.994. The molecule has 1 spiro atoms. The molecule has 2 aromatic carbocycles. The van der Waals surface area contributed by atoms with Gasteiger partial charge in [0.15, 0.2) is 5.79 Å². The van der Waals surface area contributed by atoms with Crippen LogP contribution in [0.3, 0.4) is 0 Å². The second-order valence-electron chi connectivity index (χ2n) is 7.37. The van der Waals surface area contributed by atoms with E-state index in [9.17, 15) is 18.4 Å². The highest BCUT2D eigenvalue weighted by atomic mass is 19.1. The lowest BCUT2D eigenvalue weighted by molar-refractivity contribution is -0.152. The molecular formula is C22H21F2NO5. The highest BCUT2D eigenvalue weighted by Crippen LogP contribution is 2.35. The van der Waals surface area contributed by atoms with Gasteiger partial charge in [0.25, 0.3) is 0 Å². The molecule has 0 saturated carbocycles. The highest BCUT2D eigenvalue weighted by molar-refractivity contribution is 5.86. The van der Waals surface area contributed by atoms with E-state index in [1.807, 2.05) is 0 Å². The van der Waals surface area contributed by atoms with E-state index in [2.05, 4.69) is 0 Å². The van der Waals surface area contributed by atoms with Crippen molar-refractivity contribution in [3.63, 3.8) is 0 Å². The summed E-state index contributed by atoms with van der Waals surface area (Å²) in [6.07, 6.45) is 0.105. The van der Waals surface area contributed by atoms with Gasteiger partial charge in [-0.25, -0.2) is 13.6 Å². The summed E-state index contributed by atoms with van der Waals surface area (Å²) in [7, 11) is 1.26. The minimum absolute atomic E-state index is 0.0931. The van der Waals surface area contributed by atoms with Crippen LogP contribution in [0.1, 0.15) is 12.0 Å². The molecule has 30 heavy (non-hydrogen) atoms. The molecule has 6 nitrogen and oxygen atoms in total. The van der Waals surface area contributed by atoms with Crippen molar-refractivity contribution in [2.45, 2.75) is 24.7 Å². The van der Waals surface area contributed by atoms with Gasteiger partial charge in [-0.2, -0.15) is 0 Å². The maximum Gasteiger partial charge on any atom is 0.328 e. The molecule has 2 saturated heterocycles. The first kappa shape index (κ1) is 20.4. The number of ether oxygens (including phenoxy) is 3.